The van der Waals surface area contributed by atoms with Gasteiger partial charge in [0.1, 0.15) is 0 Å². The molecule has 3 heteroatoms. The van der Waals surface area contributed by atoms with E-state index in [1.807, 2.05) is 0 Å². The standard InChI is InChI=1S/C11H22N2O/c12-6-5-10-3-1-7-13(10)11-4-2-8-14-9-11/h10-11H,1-9,12H2. The van der Waals surface area contributed by atoms with Gasteiger partial charge in [-0.2, -0.15) is 0 Å². The van der Waals surface area contributed by atoms with Gasteiger partial charge < -0.3 is 10.5 Å². The van der Waals surface area contributed by atoms with Gasteiger partial charge in [-0.3, -0.25) is 4.90 Å². The molecule has 0 aromatic heterocycles. The Morgan fingerprint density at radius 1 is 1.29 bits per heavy atom. The molecule has 2 aliphatic rings. The zero-order valence-electron chi connectivity index (χ0n) is 8.95. The lowest BCUT2D eigenvalue weighted by molar-refractivity contribution is 0.0120. The number of ether oxygens (including phenoxy) is 1. The highest BCUT2D eigenvalue weighted by atomic mass is 16.5. The summed E-state index contributed by atoms with van der Waals surface area (Å²) in [6.07, 6.45) is 6.41. The average Bonchev–Trinajstić information content (AvgIpc) is 2.68. The SMILES string of the molecule is NCCC1CCCN1C1CCCOC1. The number of nitrogens with two attached hydrogens (primary N) is 1. The zero-order valence-corrected chi connectivity index (χ0v) is 8.95. The van der Waals surface area contributed by atoms with Crippen LogP contribution in [0.3, 0.4) is 0 Å². The van der Waals surface area contributed by atoms with Gasteiger partial charge in [0.05, 0.1) is 6.61 Å². The number of rotatable bonds is 3. The van der Waals surface area contributed by atoms with E-state index in [1.54, 1.807) is 0 Å². The Hall–Kier alpha value is -0.120. The number of likely N-dealkylation sites (tertiary alicyclic amines) is 1. The molecule has 2 fully saturated rings. The van der Waals surface area contributed by atoms with Crippen molar-refractivity contribution >= 4 is 0 Å². The minimum absolute atomic E-state index is 0.683. The van der Waals surface area contributed by atoms with E-state index in [2.05, 4.69) is 4.90 Å². The normalized spacial score (nSPS) is 34.9. The van der Waals surface area contributed by atoms with Gasteiger partial charge in [-0.05, 0) is 45.2 Å². The van der Waals surface area contributed by atoms with Crippen molar-refractivity contribution in [2.45, 2.75) is 44.2 Å². The first-order chi connectivity index (χ1) is 6.92. The summed E-state index contributed by atoms with van der Waals surface area (Å²) in [7, 11) is 0. The van der Waals surface area contributed by atoms with Gasteiger partial charge in [0.25, 0.3) is 0 Å². The number of hydrogen-bond acceptors (Lipinski definition) is 3. The zero-order chi connectivity index (χ0) is 9.80. The molecule has 0 bridgehead atoms. The van der Waals surface area contributed by atoms with E-state index in [0.29, 0.717) is 6.04 Å². The second kappa shape index (κ2) is 5.10. The second-order valence-corrected chi connectivity index (χ2v) is 4.48. The molecule has 0 aliphatic carbocycles. The van der Waals surface area contributed by atoms with Gasteiger partial charge in [-0.25, -0.2) is 0 Å². The lowest BCUT2D eigenvalue weighted by Crippen LogP contribution is -2.44. The van der Waals surface area contributed by atoms with Gasteiger partial charge in [-0.15, -0.1) is 0 Å². The molecule has 0 aromatic carbocycles. The van der Waals surface area contributed by atoms with Gasteiger partial charge in [-0.1, -0.05) is 0 Å². The van der Waals surface area contributed by atoms with Crippen LogP contribution in [-0.2, 0) is 4.74 Å². The largest absolute Gasteiger partial charge is 0.380 e. The predicted octanol–water partition coefficient (Wildman–Crippen LogP) is 0.979. The summed E-state index contributed by atoms with van der Waals surface area (Å²) in [6.45, 7) is 4.00. The molecule has 2 aliphatic heterocycles. The molecule has 2 N–H and O–H groups in total. The Balaban J connectivity index is 1.87. The van der Waals surface area contributed by atoms with Crippen LogP contribution in [0.1, 0.15) is 32.1 Å². The summed E-state index contributed by atoms with van der Waals surface area (Å²) in [6, 6.07) is 1.43. The van der Waals surface area contributed by atoms with Crippen LogP contribution in [-0.4, -0.2) is 43.3 Å². The van der Waals surface area contributed by atoms with E-state index in [0.717, 1.165) is 32.2 Å². The molecule has 2 atom stereocenters. The van der Waals surface area contributed by atoms with Crippen LogP contribution in [0.25, 0.3) is 0 Å². The molecule has 0 amide bonds. The smallest absolute Gasteiger partial charge is 0.0621 e. The van der Waals surface area contributed by atoms with E-state index >= 15 is 0 Å². The van der Waals surface area contributed by atoms with Crippen molar-refractivity contribution in [1.82, 2.24) is 4.90 Å². The molecule has 2 heterocycles. The molecule has 82 valence electrons. The van der Waals surface area contributed by atoms with Crippen molar-refractivity contribution in [2.75, 3.05) is 26.3 Å². The van der Waals surface area contributed by atoms with E-state index in [-0.39, 0.29) is 0 Å². The van der Waals surface area contributed by atoms with Crippen molar-refractivity contribution in [3.8, 4) is 0 Å². The van der Waals surface area contributed by atoms with Crippen LogP contribution in [0.2, 0.25) is 0 Å². The van der Waals surface area contributed by atoms with Gasteiger partial charge >= 0.3 is 0 Å². The monoisotopic (exact) mass is 198 g/mol. The Bertz CT molecular complexity index is 169. The molecule has 2 saturated heterocycles. The Kier molecular flexibility index (Phi) is 3.79. The molecule has 0 radical (unpaired) electrons. The summed E-state index contributed by atoms with van der Waals surface area (Å²) in [5.41, 5.74) is 5.64. The lowest BCUT2D eigenvalue weighted by Gasteiger charge is -2.35. The summed E-state index contributed by atoms with van der Waals surface area (Å²) < 4.78 is 5.55. The van der Waals surface area contributed by atoms with Crippen LogP contribution >= 0.6 is 0 Å². The molecule has 14 heavy (non-hydrogen) atoms. The van der Waals surface area contributed by atoms with Gasteiger partial charge in [0.15, 0.2) is 0 Å². The van der Waals surface area contributed by atoms with E-state index in [4.69, 9.17) is 10.5 Å². The first-order valence-electron chi connectivity index (χ1n) is 5.95. The highest BCUT2D eigenvalue weighted by molar-refractivity contribution is 4.86. The second-order valence-electron chi connectivity index (χ2n) is 4.48. The molecule has 0 saturated carbocycles. The Labute approximate surface area is 86.6 Å². The minimum atomic E-state index is 0.683. The van der Waals surface area contributed by atoms with Crippen LogP contribution in [0.4, 0.5) is 0 Å². The Morgan fingerprint density at radius 2 is 2.21 bits per heavy atom. The van der Waals surface area contributed by atoms with E-state index < -0.39 is 0 Å². The third kappa shape index (κ3) is 2.27. The molecule has 0 spiro atoms. The van der Waals surface area contributed by atoms with Crippen molar-refractivity contribution in [3.63, 3.8) is 0 Å². The van der Waals surface area contributed by atoms with Gasteiger partial charge in [0, 0.05) is 18.7 Å². The maximum atomic E-state index is 5.64. The fourth-order valence-electron chi connectivity index (χ4n) is 2.83. The number of nitrogens with zero attached hydrogens (tertiary/aromatic N) is 1. The minimum Gasteiger partial charge on any atom is -0.380 e. The highest BCUT2D eigenvalue weighted by Gasteiger charge is 2.30. The first-order valence-corrected chi connectivity index (χ1v) is 5.95. The third-order valence-electron chi connectivity index (χ3n) is 3.53. The molecule has 0 aromatic rings. The van der Waals surface area contributed by atoms with Crippen LogP contribution in [0.15, 0.2) is 0 Å². The molecular formula is C11H22N2O. The first kappa shape index (κ1) is 10.4. The van der Waals surface area contributed by atoms with E-state index in [9.17, 15) is 0 Å². The van der Waals surface area contributed by atoms with Crippen molar-refractivity contribution < 1.29 is 4.74 Å². The maximum Gasteiger partial charge on any atom is 0.0621 e. The molecular weight excluding hydrogens is 176 g/mol. The highest BCUT2D eigenvalue weighted by Crippen LogP contribution is 2.25. The van der Waals surface area contributed by atoms with Crippen LogP contribution in [0, 0.1) is 0 Å². The summed E-state index contributed by atoms with van der Waals surface area (Å²) in [4.78, 5) is 2.64. The fraction of sp³-hybridized carbons (Fsp3) is 1.00. The summed E-state index contributed by atoms with van der Waals surface area (Å²) in [5, 5.41) is 0. The topological polar surface area (TPSA) is 38.5 Å². The third-order valence-corrected chi connectivity index (χ3v) is 3.53. The van der Waals surface area contributed by atoms with Crippen molar-refractivity contribution in [3.05, 3.63) is 0 Å². The average molecular weight is 198 g/mol. The molecule has 2 unspecified atom stereocenters. The Morgan fingerprint density at radius 3 is 2.93 bits per heavy atom. The van der Waals surface area contributed by atoms with Gasteiger partial charge in [0.2, 0.25) is 0 Å². The van der Waals surface area contributed by atoms with Crippen LogP contribution < -0.4 is 5.73 Å². The van der Waals surface area contributed by atoms with Crippen molar-refractivity contribution in [2.24, 2.45) is 5.73 Å². The fourth-order valence-corrected chi connectivity index (χ4v) is 2.83. The van der Waals surface area contributed by atoms with E-state index in [1.165, 1.54) is 32.2 Å². The predicted molar refractivity (Wildman–Crippen MR) is 57.2 cm³/mol. The van der Waals surface area contributed by atoms with Crippen molar-refractivity contribution in [1.29, 1.82) is 0 Å². The summed E-state index contributed by atoms with van der Waals surface area (Å²) in [5.74, 6) is 0. The molecule has 2 rings (SSSR count). The summed E-state index contributed by atoms with van der Waals surface area (Å²) >= 11 is 0. The van der Waals surface area contributed by atoms with Crippen LogP contribution in [0.5, 0.6) is 0 Å². The number of hydrogen-bond donors (Lipinski definition) is 1. The lowest BCUT2D eigenvalue weighted by atomic mass is 10.1. The quantitative estimate of drug-likeness (QED) is 0.734. The maximum absolute atomic E-state index is 5.64. The molecule has 3 nitrogen and oxygen atoms in total.